The molecule has 1 amide bonds. The minimum absolute atomic E-state index is 0.198. The Bertz CT molecular complexity index is 934. The number of piperazine rings is 1. The van der Waals surface area contributed by atoms with Gasteiger partial charge < -0.3 is 20.1 Å². The number of rotatable bonds is 6. The number of carbonyl (C=O) groups excluding carboxylic acids is 1. The van der Waals surface area contributed by atoms with Crippen LogP contribution in [0.3, 0.4) is 0 Å². The fraction of sp³-hybridized carbons (Fsp3) is 0.333. The molecule has 0 aliphatic carbocycles. The van der Waals surface area contributed by atoms with E-state index in [9.17, 15) is 9.90 Å². The molecule has 0 unspecified atom stereocenters. The minimum Gasteiger partial charge on any atom is -0.390 e. The first-order chi connectivity index (χ1) is 13.7. The summed E-state index contributed by atoms with van der Waals surface area (Å²) >= 11 is 0. The maximum atomic E-state index is 12.5. The monoisotopic (exact) mass is 379 g/mol. The van der Waals surface area contributed by atoms with Crippen molar-refractivity contribution in [1.29, 1.82) is 0 Å². The molecule has 1 fully saturated rings. The quantitative estimate of drug-likeness (QED) is 0.595. The topological polar surface area (TPSA) is 81.9 Å². The van der Waals surface area contributed by atoms with Gasteiger partial charge in [0, 0.05) is 57.2 Å². The summed E-state index contributed by atoms with van der Waals surface area (Å²) in [5.41, 5.74) is 3.23. The van der Waals surface area contributed by atoms with Gasteiger partial charge in [-0.1, -0.05) is 30.3 Å². The number of aromatic nitrogens is 2. The van der Waals surface area contributed by atoms with Gasteiger partial charge in [-0.3, -0.25) is 9.69 Å². The van der Waals surface area contributed by atoms with Gasteiger partial charge in [0.15, 0.2) is 0 Å². The molecule has 2 aromatic heterocycles. The molecule has 7 heteroatoms. The van der Waals surface area contributed by atoms with Crippen molar-refractivity contribution in [2.24, 2.45) is 0 Å². The van der Waals surface area contributed by atoms with Crippen molar-refractivity contribution in [3.8, 4) is 11.3 Å². The number of carbonyl (C=O) groups is 1. The maximum Gasteiger partial charge on any atom is 0.252 e. The van der Waals surface area contributed by atoms with Crippen LogP contribution in [0.4, 0.5) is 0 Å². The third kappa shape index (κ3) is 4.39. The number of benzene rings is 1. The summed E-state index contributed by atoms with van der Waals surface area (Å²) in [6.07, 6.45) is 3.11. The number of aliphatic hydroxyl groups excluding tert-OH is 1. The molecule has 0 spiro atoms. The summed E-state index contributed by atoms with van der Waals surface area (Å²) in [5, 5.41) is 16.3. The highest BCUT2D eigenvalue weighted by Gasteiger charge is 2.16. The molecule has 7 nitrogen and oxygen atoms in total. The van der Waals surface area contributed by atoms with Gasteiger partial charge in [0.1, 0.15) is 5.65 Å². The Hall–Kier alpha value is -2.74. The lowest BCUT2D eigenvalue weighted by Gasteiger charge is -2.29. The average molecular weight is 379 g/mol. The molecule has 3 N–H and O–H groups in total. The van der Waals surface area contributed by atoms with Gasteiger partial charge in [-0.15, -0.1) is 0 Å². The molecule has 0 bridgehead atoms. The van der Waals surface area contributed by atoms with E-state index in [4.69, 9.17) is 0 Å². The van der Waals surface area contributed by atoms with E-state index in [1.807, 2.05) is 47.0 Å². The smallest absolute Gasteiger partial charge is 0.252 e. The lowest BCUT2D eigenvalue weighted by molar-refractivity contribution is 0.0842. The van der Waals surface area contributed by atoms with Crippen molar-refractivity contribution in [3.63, 3.8) is 0 Å². The number of fused-ring (bicyclic) bond motifs is 1. The van der Waals surface area contributed by atoms with Crippen LogP contribution in [0.2, 0.25) is 0 Å². The number of nitrogens with one attached hydrogen (secondary N) is 2. The first-order valence-corrected chi connectivity index (χ1v) is 9.62. The van der Waals surface area contributed by atoms with Crippen molar-refractivity contribution in [2.45, 2.75) is 6.10 Å². The Morgan fingerprint density at radius 1 is 1.14 bits per heavy atom. The number of hydrogen-bond donors (Lipinski definition) is 3. The second-order valence-corrected chi connectivity index (χ2v) is 7.09. The van der Waals surface area contributed by atoms with Crippen molar-refractivity contribution in [1.82, 2.24) is 24.9 Å². The van der Waals surface area contributed by atoms with Crippen LogP contribution in [0.15, 0.2) is 54.9 Å². The zero-order chi connectivity index (χ0) is 19.3. The Labute approximate surface area is 164 Å². The summed E-state index contributed by atoms with van der Waals surface area (Å²) in [4.78, 5) is 19.3. The molecule has 1 saturated heterocycles. The number of amides is 1. The highest BCUT2D eigenvalue weighted by Crippen LogP contribution is 2.19. The lowest BCUT2D eigenvalue weighted by atomic mass is 10.2. The molecular weight excluding hydrogens is 354 g/mol. The van der Waals surface area contributed by atoms with Crippen LogP contribution >= 0.6 is 0 Å². The molecule has 1 atom stereocenters. The SMILES string of the molecule is O=C(NC[C@H](O)CN1CCNCC1)c1ccc2nc(-c3ccccc3)cn2c1. The molecule has 4 rings (SSSR count). The van der Waals surface area contributed by atoms with Gasteiger partial charge in [-0.25, -0.2) is 4.98 Å². The fourth-order valence-electron chi connectivity index (χ4n) is 3.44. The van der Waals surface area contributed by atoms with Crippen molar-refractivity contribution < 1.29 is 9.90 Å². The summed E-state index contributed by atoms with van der Waals surface area (Å²) in [5.74, 6) is -0.198. The number of pyridine rings is 1. The van der Waals surface area contributed by atoms with Crippen LogP contribution < -0.4 is 10.6 Å². The molecule has 0 radical (unpaired) electrons. The van der Waals surface area contributed by atoms with Gasteiger partial charge in [0.2, 0.25) is 0 Å². The molecule has 1 aliphatic heterocycles. The number of β-amino-alcohol motifs (C(OH)–C–C–N with tert-alkyl or cyclic N) is 1. The first-order valence-electron chi connectivity index (χ1n) is 9.62. The minimum atomic E-state index is -0.580. The molecule has 146 valence electrons. The second kappa shape index (κ2) is 8.52. The maximum absolute atomic E-state index is 12.5. The standard InChI is InChI=1S/C21H25N5O2/c27-18(14-25-10-8-22-9-11-25)12-23-21(28)17-6-7-20-24-19(15-26(20)13-17)16-4-2-1-3-5-16/h1-7,13,15,18,22,27H,8-12,14H2,(H,23,28)/t18-/m0/s1. The van der Waals surface area contributed by atoms with Crippen molar-refractivity contribution in [3.05, 3.63) is 60.4 Å². The van der Waals surface area contributed by atoms with Gasteiger partial charge in [-0.05, 0) is 12.1 Å². The summed E-state index contributed by atoms with van der Waals surface area (Å²) in [6, 6.07) is 13.5. The van der Waals surface area contributed by atoms with Crippen LogP contribution in [-0.2, 0) is 0 Å². The van der Waals surface area contributed by atoms with E-state index in [0.29, 0.717) is 12.1 Å². The van der Waals surface area contributed by atoms with E-state index in [1.165, 1.54) is 0 Å². The third-order valence-corrected chi connectivity index (χ3v) is 4.96. The normalized spacial score (nSPS) is 16.2. The van der Waals surface area contributed by atoms with Gasteiger partial charge in [-0.2, -0.15) is 0 Å². The largest absolute Gasteiger partial charge is 0.390 e. The van der Waals surface area contributed by atoms with Crippen LogP contribution in [0, 0.1) is 0 Å². The van der Waals surface area contributed by atoms with E-state index < -0.39 is 6.10 Å². The first kappa shape index (κ1) is 18.6. The zero-order valence-electron chi connectivity index (χ0n) is 15.7. The van der Waals surface area contributed by atoms with E-state index in [1.54, 1.807) is 12.3 Å². The van der Waals surface area contributed by atoms with Crippen molar-refractivity contribution in [2.75, 3.05) is 39.3 Å². The van der Waals surface area contributed by atoms with E-state index in [-0.39, 0.29) is 12.5 Å². The van der Waals surface area contributed by atoms with E-state index in [2.05, 4.69) is 20.5 Å². The highest BCUT2D eigenvalue weighted by molar-refractivity contribution is 5.94. The molecule has 1 aromatic carbocycles. The van der Waals surface area contributed by atoms with E-state index in [0.717, 1.165) is 43.1 Å². The number of imidazole rings is 1. The molecule has 1 aliphatic rings. The van der Waals surface area contributed by atoms with Crippen LogP contribution in [0.1, 0.15) is 10.4 Å². The van der Waals surface area contributed by atoms with Crippen molar-refractivity contribution >= 4 is 11.6 Å². The summed E-state index contributed by atoms with van der Waals surface area (Å²) in [7, 11) is 0. The lowest BCUT2D eigenvalue weighted by Crippen LogP contribution is -2.48. The molecule has 3 heterocycles. The fourth-order valence-corrected chi connectivity index (χ4v) is 3.44. The summed E-state index contributed by atoms with van der Waals surface area (Å²) in [6.45, 7) is 4.53. The van der Waals surface area contributed by atoms with Gasteiger partial charge in [0.25, 0.3) is 5.91 Å². The zero-order valence-corrected chi connectivity index (χ0v) is 15.7. The number of aliphatic hydroxyl groups is 1. The van der Waals surface area contributed by atoms with Gasteiger partial charge >= 0.3 is 0 Å². The average Bonchev–Trinajstić information content (AvgIpc) is 3.17. The highest BCUT2D eigenvalue weighted by atomic mass is 16.3. The molecule has 3 aromatic rings. The predicted octanol–water partition coefficient (Wildman–Crippen LogP) is 0.997. The van der Waals surface area contributed by atoms with Crippen LogP contribution in [-0.4, -0.2) is 70.7 Å². The predicted molar refractivity (Wildman–Crippen MR) is 108 cm³/mol. The number of hydrogen-bond acceptors (Lipinski definition) is 5. The Morgan fingerprint density at radius 2 is 1.93 bits per heavy atom. The van der Waals surface area contributed by atoms with Crippen LogP contribution in [0.25, 0.3) is 16.9 Å². The summed E-state index contributed by atoms with van der Waals surface area (Å²) < 4.78 is 1.86. The van der Waals surface area contributed by atoms with Crippen LogP contribution in [0.5, 0.6) is 0 Å². The third-order valence-electron chi connectivity index (χ3n) is 4.96. The van der Waals surface area contributed by atoms with E-state index >= 15 is 0 Å². The second-order valence-electron chi connectivity index (χ2n) is 7.09. The Balaban J connectivity index is 1.38. The molecule has 0 saturated carbocycles. The Kier molecular flexibility index (Phi) is 5.66. The molecule has 28 heavy (non-hydrogen) atoms. The Morgan fingerprint density at radius 3 is 2.71 bits per heavy atom. The number of nitrogens with zero attached hydrogens (tertiary/aromatic N) is 3. The molecular formula is C21H25N5O2. The van der Waals surface area contributed by atoms with Gasteiger partial charge in [0.05, 0.1) is 17.4 Å².